The largest absolute Gasteiger partial charge is 0.493 e. The normalized spacial score (nSPS) is 16.6. The molecule has 0 aliphatic carbocycles. The van der Waals surface area contributed by atoms with Crippen LogP contribution in [0.1, 0.15) is 49.8 Å². The summed E-state index contributed by atoms with van der Waals surface area (Å²) in [5.74, 6) is 0.868. The van der Waals surface area contributed by atoms with Crippen LogP contribution < -0.4 is 29.6 Å². The molecular formula is C27H29N3O6S. The van der Waals surface area contributed by atoms with Crippen molar-refractivity contribution < 1.29 is 28.5 Å². The van der Waals surface area contributed by atoms with Gasteiger partial charge >= 0.3 is 5.97 Å². The van der Waals surface area contributed by atoms with Gasteiger partial charge in [0.1, 0.15) is 16.9 Å². The smallest absolute Gasteiger partial charge is 0.343 e. The summed E-state index contributed by atoms with van der Waals surface area (Å²) in [6.07, 6.45) is 0.517. The zero-order valence-corrected chi connectivity index (χ0v) is 22.0. The van der Waals surface area contributed by atoms with E-state index in [0.717, 1.165) is 42.2 Å². The zero-order valence-electron chi connectivity index (χ0n) is 21.2. The molecule has 0 saturated carbocycles. The third kappa shape index (κ3) is 4.70. The number of hydrogen-bond acceptors (Lipinski definition) is 9. The molecule has 5 rings (SSSR count). The lowest BCUT2D eigenvalue weighted by Gasteiger charge is -2.28. The van der Waals surface area contributed by atoms with E-state index in [2.05, 4.69) is 22.5 Å². The maximum atomic E-state index is 13.0. The van der Waals surface area contributed by atoms with Crippen molar-refractivity contribution in [3.8, 4) is 23.0 Å². The molecule has 2 aromatic carbocycles. The zero-order chi connectivity index (χ0) is 26.1. The van der Waals surface area contributed by atoms with Crippen molar-refractivity contribution in [2.75, 3.05) is 39.7 Å². The predicted molar refractivity (Wildman–Crippen MR) is 140 cm³/mol. The molecule has 0 saturated heterocycles. The first-order chi connectivity index (χ1) is 17.9. The summed E-state index contributed by atoms with van der Waals surface area (Å²) in [6, 6.07) is 10.1. The molecule has 0 unspecified atom stereocenters. The highest BCUT2D eigenvalue weighted by molar-refractivity contribution is 7.16. The predicted octanol–water partition coefficient (Wildman–Crippen LogP) is 4.23. The molecule has 0 radical (unpaired) electrons. The van der Waals surface area contributed by atoms with Gasteiger partial charge in [0, 0.05) is 18.0 Å². The van der Waals surface area contributed by atoms with E-state index in [0.29, 0.717) is 23.0 Å². The quantitative estimate of drug-likeness (QED) is 0.351. The molecule has 2 N–H and O–H groups in total. The molecule has 10 heteroatoms. The first-order valence-electron chi connectivity index (χ1n) is 12.0. The van der Waals surface area contributed by atoms with Crippen LogP contribution in [0.15, 0.2) is 36.4 Å². The Morgan fingerprint density at radius 2 is 1.76 bits per heavy atom. The summed E-state index contributed by atoms with van der Waals surface area (Å²) >= 11 is 1.66. The van der Waals surface area contributed by atoms with E-state index in [-0.39, 0.29) is 17.6 Å². The molecule has 0 bridgehead atoms. The summed E-state index contributed by atoms with van der Waals surface area (Å²) in [5.41, 5.74) is 3.06. The maximum absolute atomic E-state index is 13.0. The molecule has 3 aromatic rings. The molecule has 37 heavy (non-hydrogen) atoms. The third-order valence-electron chi connectivity index (χ3n) is 6.69. The molecule has 1 amide bonds. The van der Waals surface area contributed by atoms with Gasteiger partial charge in [0.2, 0.25) is 5.75 Å². The van der Waals surface area contributed by atoms with Gasteiger partial charge in [-0.1, -0.05) is 19.1 Å². The fraction of sp³-hybridized carbons (Fsp3) is 0.333. The second kappa shape index (κ2) is 10.3. The van der Waals surface area contributed by atoms with Crippen LogP contribution in [0.2, 0.25) is 0 Å². The van der Waals surface area contributed by atoms with E-state index < -0.39 is 5.97 Å². The lowest BCUT2D eigenvalue weighted by Crippen LogP contribution is -2.38. The van der Waals surface area contributed by atoms with Crippen molar-refractivity contribution in [3.05, 3.63) is 63.5 Å². The van der Waals surface area contributed by atoms with Crippen LogP contribution in [0.4, 0.5) is 5.00 Å². The van der Waals surface area contributed by atoms with Crippen LogP contribution in [0, 0.1) is 0 Å². The number of fused-ring (bicyclic) bond motifs is 3. The van der Waals surface area contributed by atoms with E-state index in [1.165, 1.54) is 43.9 Å². The van der Waals surface area contributed by atoms with Crippen LogP contribution >= 0.6 is 11.3 Å². The molecular weight excluding hydrogens is 494 g/mol. The van der Waals surface area contributed by atoms with Crippen LogP contribution in [-0.2, 0) is 13.0 Å². The molecule has 0 fully saturated rings. The Hall–Kier alpha value is -3.76. The Balaban J connectivity index is 1.30. The van der Waals surface area contributed by atoms with Gasteiger partial charge in [-0.3, -0.25) is 9.69 Å². The Morgan fingerprint density at radius 1 is 1.05 bits per heavy atom. The summed E-state index contributed by atoms with van der Waals surface area (Å²) < 4.78 is 21.5. The van der Waals surface area contributed by atoms with Crippen LogP contribution in [0.5, 0.6) is 23.0 Å². The van der Waals surface area contributed by atoms with Gasteiger partial charge in [-0.15, -0.1) is 11.3 Å². The number of likely N-dealkylation sites (N-methyl/N-ethyl adjacent to an activating group) is 1. The van der Waals surface area contributed by atoms with E-state index >= 15 is 0 Å². The average Bonchev–Trinajstić information content (AvgIpc) is 3.30. The van der Waals surface area contributed by atoms with Gasteiger partial charge in [0.25, 0.3) is 5.91 Å². The number of ether oxygens (including phenoxy) is 4. The van der Waals surface area contributed by atoms with Gasteiger partial charge in [-0.2, -0.15) is 0 Å². The van der Waals surface area contributed by atoms with Gasteiger partial charge in [-0.25, -0.2) is 4.79 Å². The van der Waals surface area contributed by atoms with Crippen molar-refractivity contribution in [1.82, 2.24) is 10.2 Å². The molecule has 0 spiro atoms. The number of nitrogens with one attached hydrogen (secondary N) is 2. The lowest BCUT2D eigenvalue weighted by atomic mass is 10.0. The monoisotopic (exact) mass is 523 g/mol. The molecule has 1 aromatic heterocycles. The van der Waals surface area contributed by atoms with Crippen molar-refractivity contribution in [3.63, 3.8) is 0 Å². The Morgan fingerprint density at radius 3 is 2.38 bits per heavy atom. The number of rotatable bonds is 7. The number of amides is 1. The Labute approximate surface area is 219 Å². The molecule has 1 atom stereocenters. The van der Waals surface area contributed by atoms with Crippen LogP contribution in [0.25, 0.3) is 0 Å². The number of hydrogen-bond donors (Lipinski definition) is 2. The summed E-state index contributed by atoms with van der Waals surface area (Å²) in [6.45, 7) is 5.01. The molecule has 9 nitrogen and oxygen atoms in total. The topological polar surface area (TPSA) is 98.4 Å². The summed E-state index contributed by atoms with van der Waals surface area (Å²) in [4.78, 5) is 29.5. The van der Waals surface area contributed by atoms with Gasteiger partial charge < -0.3 is 29.6 Å². The Bertz CT molecular complexity index is 1310. The van der Waals surface area contributed by atoms with Gasteiger partial charge in [0.15, 0.2) is 11.5 Å². The first-order valence-corrected chi connectivity index (χ1v) is 12.8. The highest BCUT2D eigenvalue weighted by Crippen LogP contribution is 2.41. The maximum Gasteiger partial charge on any atom is 0.343 e. The number of methoxy groups -OCH3 is 3. The minimum Gasteiger partial charge on any atom is -0.493 e. The first kappa shape index (κ1) is 24.9. The van der Waals surface area contributed by atoms with Gasteiger partial charge in [0.05, 0.1) is 32.5 Å². The minimum absolute atomic E-state index is 0.0564. The van der Waals surface area contributed by atoms with Crippen molar-refractivity contribution in [2.45, 2.75) is 26.1 Å². The fourth-order valence-corrected chi connectivity index (χ4v) is 6.01. The van der Waals surface area contributed by atoms with E-state index in [1.807, 2.05) is 12.1 Å². The standard InChI is InChI=1S/C27H29N3O6S/c1-5-30-11-10-18-21(14-30)37-26-22(18)25(31)28-24(29-26)15-6-8-17(9-7-15)36-27(32)16-12-19(33-2)23(35-4)20(13-16)34-3/h6-9,12-13,24,29H,5,10-11,14H2,1-4H3,(H,28,31)/t24-/m0/s1. The molecule has 2 aliphatic heterocycles. The van der Waals surface area contributed by atoms with E-state index in [9.17, 15) is 9.59 Å². The number of anilines is 1. The van der Waals surface area contributed by atoms with Gasteiger partial charge in [-0.05, 0) is 48.4 Å². The van der Waals surface area contributed by atoms with Crippen LogP contribution in [0.3, 0.4) is 0 Å². The van der Waals surface area contributed by atoms with Crippen LogP contribution in [-0.4, -0.2) is 51.2 Å². The highest BCUT2D eigenvalue weighted by Gasteiger charge is 2.33. The Kier molecular flexibility index (Phi) is 6.94. The van der Waals surface area contributed by atoms with E-state index in [1.54, 1.807) is 23.5 Å². The SMILES string of the molecule is CCN1CCc2c(sc3c2C(=O)N[C@H](c2ccc(OC(=O)c4cc(OC)c(OC)c(OC)c4)cc2)N3)C1. The molecule has 194 valence electrons. The fourth-order valence-electron chi connectivity index (χ4n) is 4.70. The number of nitrogens with zero attached hydrogens (tertiary/aromatic N) is 1. The third-order valence-corrected chi connectivity index (χ3v) is 7.83. The number of carbonyl (C=O) groups is 2. The second-order valence-electron chi connectivity index (χ2n) is 8.75. The van der Waals surface area contributed by atoms with Crippen molar-refractivity contribution in [1.29, 1.82) is 0 Å². The molecule has 3 heterocycles. The number of benzene rings is 2. The number of carbonyl (C=O) groups excluding carboxylic acids is 2. The highest BCUT2D eigenvalue weighted by atomic mass is 32.1. The summed E-state index contributed by atoms with van der Waals surface area (Å²) in [5, 5.41) is 7.46. The average molecular weight is 524 g/mol. The number of esters is 1. The molecule has 2 aliphatic rings. The number of thiophene rings is 1. The lowest BCUT2D eigenvalue weighted by molar-refractivity contribution is 0.0733. The van der Waals surface area contributed by atoms with E-state index in [4.69, 9.17) is 18.9 Å². The summed E-state index contributed by atoms with van der Waals surface area (Å²) in [7, 11) is 4.46. The van der Waals surface area contributed by atoms with Crippen molar-refractivity contribution in [2.24, 2.45) is 0 Å². The second-order valence-corrected chi connectivity index (χ2v) is 9.86. The minimum atomic E-state index is -0.564. The van der Waals surface area contributed by atoms with Crippen molar-refractivity contribution >= 4 is 28.2 Å².